The molecule has 2 unspecified atom stereocenters. The summed E-state index contributed by atoms with van der Waals surface area (Å²) in [5, 5.41) is 3.00. The Bertz CT molecular complexity index is 1410. The number of pyridine rings is 1. The van der Waals surface area contributed by atoms with E-state index in [2.05, 4.69) is 15.3 Å². The zero-order chi connectivity index (χ0) is 24.3. The minimum atomic E-state index is -0.890. The number of carbonyl (C=O) groups excluding carboxylic acids is 1. The Kier molecular flexibility index (Phi) is 5.12. The maximum absolute atomic E-state index is 13.8. The van der Waals surface area contributed by atoms with Crippen LogP contribution in [-0.2, 0) is 4.79 Å². The Morgan fingerprint density at radius 1 is 1.00 bits per heavy atom. The van der Waals surface area contributed by atoms with Crippen LogP contribution >= 0.6 is 0 Å². The van der Waals surface area contributed by atoms with Gasteiger partial charge >= 0.3 is 0 Å². The Labute approximate surface area is 200 Å². The van der Waals surface area contributed by atoms with Gasteiger partial charge < -0.3 is 9.88 Å². The fraction of sp³-hybridized carbons (Fsp3) is 0.296. The molecule has 5 atom stereocenters. The quantitative estimate of drug-likeness (QED) is 0.385. The number of aromatic nitrogens is 3. The molecule has 2 heterocycles. The summed E-state index contributed by atoms with van der Waals surface area (Å²) >= 11 is 0. The smallest absolute Gasteiger partial charge is 0.227 e. The first-order valence-corrected chi connectivity index (χ1v) is 11.7. The summed E-state index contributed by atoms with van der Waals surface area (Å²) in [6, 6.07) is 12.8. The molecule has 0 spiro atoms. The average molecular weight is 477 g/mol. The molecule has 2 aliphatic rings. The molecule has 0 saturated heterocycles. The maximum atomic E-state index is 13.8. The van der Waals surface area contributed by atoms with Crippen molar-refractivity contribution in [3.8, 4) is 11.3 Å². The van der Waals surface area contributed by atoms with E-state index in [4.69, 9.17) is 0 Å². The number of hydrogen-bond donors (Lipinski definition) is 1. The fourth-order valence-corrected chi connectivity index (χ4v) is 5.85. The summed E-state index contributed by atoms with van der Waals surface area (Å²) in [6.45, 7) is 1.97. The van der Waals surface area contributed by atoms with Gasteiger partial charge in [0.05, 0.1) is 29.3 Å². The van der Waals surface area contributed by atoms with Gasteiger partial charge in [0.25, 0.3) is 0 Å². The third-order valence-corrected chi connectivity index (χ3v) is 7.66. The molecule has 4 aromatic rings. The first kappa shape index (κ1) is 21.8. The van der Waals surface area contributed by atoms with Crippen LogP contribution in [-0.4, -0.2) is 20.4 Å². The molecule has 0 aliphatic heterocycles. The maximum Gasteiger partial charge on any atom is 0.227 e. The molecule has 2 aliphatic carbocycles. The standard InChI is InChI=1S/C27H23F3N4O/c1-14(27(35)33-17-5-2-15(3-6-17)23-7-4-16(28)12-31-23)26-19-8-18(9-20(19)26)34-13-32-24-10-21(29)22(30)11-25(24)34/h2-7,10-14,18-20,26H,8-9H2,1H3,(H,33,35)/t14-,18?,19-,20+,26?/m0/s1. The second-order valence-corrected chi connectivity index (χ2v) is 9.65. The number of anilines is 1. The third kappa shape index (κ3) is 3.87. The molecule has 2 fully saturated rings. The van der Waals surface area contributed by atoms with E-state index in [1.165, 1.54) is 18.3 Å². The minimum absolute atomic E-state index is 0.0146. The fourth-order valence-electron chi connectivity index (χ4n) is 5.85. The molecule has 0 bridgehead atoms. The number of fused-ring (bicyclic) bond motifs is 2. The topological polar surface area (TPSA) is 59.8 Å². The van der Waals surface area contributed by atoms with Crippen molar-refractivity contribution >= 4 is 22.6 Å². The lowest BCUT2D eigenvalue weighted by Gasteiger charge is -2.20. The predicted molar refractivity (Wildman–Crippen MR) is 126 cm³/mol. The highest BCUT2D eigenvalue weighted by Crippen LogP contribution is 2.64. The van der Waals surface area contributed by atoms with Crippen molar-refractivity contribution in [3.05, 3.63) is 78.5 Å². The number of halogens is 3. The van der Waals surface area contributed by atoms with Crippen molar-refractivity contribution in [2.45, 2.75) is 25.8 Å². The number of hydrogen-bond acceptors (Lipinski definition) is 3. The lowest BCUT2D eigenvalue weighted by molar-refractivity contribution is -0.120. The third-order valence-electron chi connectivity index (χ3n) is 7.66. The molecule has 6 rings (SSSR count). The summed E-state index contributed by atoms with van der Waals surface area (Å²) in [5.41, 5.74) is 3.27. The first-order valence-electron chi connectivity index (χ1n) is 11.7. The van der Waals surface area contributed by atoms with Gasteiger partial charge in [0.1, 0.15) is 5.82 Å². The number of carbonyl (C=O) groups is 1. The van der Waals surface area contributed by atoms with Gasteiger partial charge in [0.15, 0.2) is 11.6 Å². The van der Waals surface area contributed by atoms with Crippen molar-refractivity contribution in [3.63, 3.8) is 0 Å². The molecular weight excluding hydrogens is 453 g/mol. The van der Waals surface area contributed by atoms with Crippen molar-refractivity contribution in [2.24, 2.45) is 23.7 Å². The highest BCUT2D eigenvalue weighted by atomic mass is 19.2. The summed E-state index contributed by atoms with van der Waals surface area (Å²) < 4.78 is 42.3. The number of amides is 1. The Morgan fingerprint density at radius 2 is 1.71 bits per heavy atom. The lowest BCUT2D eigenvalue weighted by atomic mass is 9.96. The zero-order valence-electron chi connectivity index (χ0n) is 19.0. The van der Waals surface area contributed by atoms with Gasteiger partial charge in [-0.25, -0.2) is 18.2 Å². The van der Waals surface area contributed by atoms with Crippen LogP contribution in [0.2, 0.25) is 0 Å². The van der Waals surface area contributed by atoms with E-state index in [0.717, 1.165) is 24.5 Å². The van der Waals surface area contributed by atoms with Crippen molar-refractivity contribution in [2.75, 3.05) is 5.32 Å². The predicted octanol–water partition coefficient (Wildman–Crippen LogP) is 5.99. The highest BCUT2D eigenvalue weighted by molar-refractivity contribution is 5.93. The summed E-state index contributed by atoms with van der Waals surface area (Å²) in [6.07, 6.45) is 4.64. The molecule has 5 nitrogen and oxygen atoms in total. The van der Waals surface area contributed by atoms with Crippen LogP contribution in [0, 0.1) is 41.1 Å². The Hall–Kier alpha value is -3.68. The van der Waals surface area contributed by atoms with E-state index in [1.54, 1.807) is 12.4 Å². The molecule has 8 heteroatoms. The summed E-state index contributed by atoms with van der Waals surface area (Å²) in [7, 11) is 0. The number of nitrogens with zero attached hydrogens (tertiary/aromatic N) is 3. The summed E-state index contributed by atoms with van der Waals surface area (Å²) in [5.74, 6) is -1.09. The van der Waals surface area contributed by atoms with Crippen LogP contribution < -0.4 is 5.32 Å². The van der Waals surface area contributed by atoms with E-state index < -0.39 is 11.6 Å². The largest absolute Gasteiger partial charge is 0.327 e. The lowest BCUT2D eigenvalue weighted by Crippen LogP contribution is -2.24. The normalized spacial score (nSPS) is 23.8. The van der Waals surface area contributed by atoms with E-state index in [1.807, 2.05) is 35.8 Å². The molecule has 1 amide bonds. The summed E-state index contributed by atoms with van der Waals surface area (Å²) in [4.78, 5) is 21.2. The molecule has 2 aromatic carbocycles. The molecule has 0 radical (unpaired) electrons. The first-order chi connectivity index (χ1) is 16.9. The van der Waals surface area contributed by atoms with Gasteiger partial charge in [-0.2, -0.15) is 0 Å². The number of benzene rings is 2. The SMILES string of the molecule is C[C@H](C(=O)Nc1ccc(-c2ccc(F)cn2)cc1)C1[C@H]2CC(n3cnc4cc(F)c(F)cc43)C[C@@H]12. The van der Waals surface area contributed by atoms with Crippen LogP contribution in [0.5, 0.6) is 0 Å². The molecule has 178 valence electrons. The minimum Gasteiger partial charge on any atom is -0.327 e. The monoisotopic (exact) mass is 476 g/mol. The number of nitrogens with one attached hydrogen (secondary N) is 1. The van der Waals surface area contributed by atoms with Gasteiger partial charge in [-0.3, -0.25) is 9.78 Å². The zero-order valence-corrected chi connectivity index (χ0v) is 19.0. The van der Waals surface area contributed by atoms with Crippen LogP contribution in [0.4, 0.5) is 18.9 Å². The van der Waals surface area contributed by atoms with Gasteiger partial charge in [-0.15, -0.1) is 0 Å². The second kappa shape index (κ2) is 8.22. The molecular formula is C27H23F3N4O. The molecule has 2 saturated carbocycles. The van der Waals surface area contributed by atoms with Crippen LogP contribution in [0.1, 0.15) is 25.8 Å². The number of imidazole rings is 1. The highest BCUT2D eigenvalue weighted by Gasteiger charge is 2.59. The molecule has 1 N–H and O–H groups in total. The van der Waals surface area contributed by atoms with Crippen molar-refractivity contribution < 1.29 is 18.0 Å². The van der Waals surface area contributed by atoms with Crippen LogP contribution in [0.25, 0.3) is 22.3 Å². The van der Waals surface area contributed by atoms with Crippen molar-refractivity contribution in [1.82, 2.24) is 14.5 Å². The van der Waals surface area contributed by atoms with Gasteiger partial charge in [0, 0.05) is 35.3 Å². The van der Waals surface area contributed by atoms with Crippen molar-refractivity contribution in [1.29, 1.82) is 0 Å². The van der Waals surface area contributed by atoms with E-state index in [9.17, 15) is 18.0 Å². The van der Waals surface area contributed by atoms with Gasteiger partial charge in [-0.05, 0) is 54.9 Å². The van der Waals surface area contributed by atoms with Gasteiger partial charge in [-0.1, -0.05) is 19.1 Å². The van der Waals surface area contributed by atoms with Gasteiger partial charge in [0.2, 0.25) is 5.91 Å². The van der Waals surface area contributed by atoms with E-state index >= 15 is 0 Å². The van der Waals surface area contributed by atoms with Crippen LogP contribution in [0.3, 0.4) is 0 Å². The Morgan fingerprint density at radius 3 is 2.40 bits per heavy atom. The number of rotatable bonds is 5. The second-order valence-electron chi connectivity index (χ2n) is 9.65. The molecule has 2 aromatic heterocycles. The average Bonchev–Trinajstić information content (AvgIpc) is 3.15. The van der Waals surface area contributed by atoms with E-state index in [0.29, 0.717) is 40.2 Å². The molecule has 35 heavy (non-hydrogen) atoms. The van der Waals surface area contributed by atoms with E-state index in [-0.39, 0.29) is 23.7 Å². The Balaban J connectivity index is 1.08. The van der Waals surface area contributed by atoms with Crippen LogP contribution in [0.15, 0.2) is 61.1 Å².